The van der Waals surface area contributed by atoms with Crippen LogP contribution in [0, 0.1) is 17.6 Å². The van der Waals surface area contributed by atoms with Crippen molar-refractivity contribution in [2.75, 3.05) is 23.3 Å². The first-order chi connectivity index (χ1) is 14.9. The van der Waals surface area contributed by atoms with E-state index in [1.54, 1.807) is 12.1 Å². The van der Waals surface area contributed by atoms with Gasteiger partial charge in [-0.05, 0) is 55.3 Å². The third-order valence-electron chi connectivity index (χ3n) is 5.14. The third kappa shape index (κ3) is 4.74. The zero-order valence-electron chi connectivity index (χ0n) is 16.4. The number of carbonyl (C=O) groups is 1. The van der Waals surface area contributed by atoms with Crippen molar-refractivity contribution in [3.63, 3.8) is 0 Å². The lowest BCUT2D eigenvalue weighted by Gasteiger charge is -2.33. The first-order valence-corrected chi connectivity index (χ1v) is 10.2. The minimum Gasteiger partial charge on any atom is -0.354 e. The van der Waals surface area contributed by atoms with Gasteiger partial charge in [-0.1, -0.05) is 17.7 Å². The Balaban J connectivity index is 1.52. The number of hydrogen-bond donors (Lipinski definition) is 1. The molecule has 0 saturated carbocycles. The van der Waals surface area contributed by atoms with Gasteiger partial charge in [-0.15, -0.1) is 5.10 Å². The maximum atomic E-state index is 13.6. The van der Waals surface area contributed by atoms with Gasteiger partial charge in [-0.2, -0.15) is 4.68 Å². The van der Waals surface area contributed by atoms with Crippen molar-refractivity contribution in [1.29, 1.82) is 0 Å². The molecule has 1 N–H and O–H groups in total. The van der Waals surface area contributed by atoms with Crippen LogP contribution >= 0.6 is 11.6 Å². The molecule has 0 radical (unpaired) electrons. The number of carbonyl (C=O) groups excluding carboxylic acids is 1. The van der Waals surface area contributed by atoms with E-state index in [1.165, 1.54) is 36.4 Å². The molecular weight excluding hydrogens is 426 g/mol. The molecule has 1 aromatic heterocycles. The van der Waals surface area contributed by atoms with Gasteiger partial charge in [0.05, 0.1) is 22.3 Å². The number of nitrogens with one attached hydrogen (secondary N) is 1. The highest BCUT2D eigenvalue weighted by Crippen LogP contribution is 2.26. The van der Waals surface area contributed by atoms with E-state index in [9.17, 15) is 18.4 Å². The maximum absolute atomic E-state index is 13.6. The smallest absolute Gasteiger partial charge is 0.271 e. The number of aromatic nitrogens is 2. The van der Waals surface area contributed by atoms with Crippen molar-refractivity contribution in [3.05, 3.63) is 81.6 Å². The molecule has 1 amide bonds. The lowest BCUT2D eigenvalue weighted by atomic mass is 9.97. The SMILES string of the molecule is O=C(Nc1ccc(F)cc1Cl)[C@@H]1CCCN(c2ccc(=O)n(-c3cccc(F)c3)n2)C1. The Bertz CT molecular complexity index is 1180. The molecular formula is C22H19ClF2N4O2. The molecule has 1 atom stereocenters. The molecule has 1 fully saturated rings. The van der Waals surface area contributed by atoms with Crippen LogP contribution in [0.1, 0.15) is 12.8 Å². The second-order valence-corrected chi connectivity index (χ2v) is 7.73. The van der Waals surface area contributed by atoms with Crippen molar-refractivity contribution in [2.45, 2.75) is 12.8 Å². The summed E-state index contributed by atoms with van der Waals surface area (Å²) in [6.45, 7) is 1.05. The Hall–Kier alpha value is -3.26. The van der Waals surface area contributed by atoms with Gasteiger partial charge in [0.1, 0.15) is 17.5 Å². The van der Waals surface area contributed by atoms with Gasteiger partial charge in [0.2, 0.25) is 5.91 Å². The zero-order valence-corrected chi connectivity index (χ0v) is 17.1. The number of nitrogens with zero attached hydrogens (tertiary/aromatic N) is 3. The van der Waals surface area contributed by atoms with Gasteiger partial charge in [-0.25, -0.2) is 8.78 Å². The van der Waals surface area contributed by atoms with Crippen molar-refractivity contribution < 1.29 is 13.6 Å². The van der Waals surface area contributed by atoms with Crippen molar-refractivity contribution >= 4 is 29.0 Å². The number of benzene rings is 2. The molecule has 1 aliphatic heterocycles. The predicted octanol–water partition coefficient (Wildman–Crippen LogP) is 4.02. The lowest BCUT2D eigenvalue weighted by molar-refractivity contribution is -0.120. The highest BCUT2D eigenvalue weighted by molar-refractivity contribution is 6.33. The van der Waals surface area contributed by atoms with Gasteiger partial charge in [0.15, 0.2) is 0 Å². The van der Waals surface area contributed by atoms with Crippen molar-refractivity contribution in [1.82, 2.24) is 9.78 Å². The van der Waals surface area contributed by atoms with E-state index in [0.717, 1.165) is 17.2 Å². The molecule has 9 heteroatoms. The third-order valence-corrected chi connectivity index (χ3v) is 5.46. The maximum Gasteiger partial charge on any atom is 0.271 e. The highest BCUT2D eigenvalue weighted by atomic mass is 35.5. The fraction of sp³-hybridized carbons (Fsp3) is 0.227. The van der Waals surface area contributed by atoms with E-state index in [2.05, 4.69) is 10.4 Å². The van der Waals surface area contributed by atoms with Crippen LogP contribution in [0.3, 0.4) is 0 Å². The lowest BCUT2D eigenvalue weighted by Crippen LogP contribution is -2.41. The fourth-order valence-electron chi connectivity index (χ4n) is 3.59. The first-order valence-electron chi connectivity index (χ1n) is 9.78. The number of halogens is 3. The Morgan fingerprint density at radius 3 is 2.68 bits per heavy atom. The first kappa shape index (κ1) is 21.0. The van der Waals surface area contributed by atoms with Crippen LogP contribution < -0.4 is 15.8 Å². The summed E-state index contributed by atoms with van der Waals surface area (Å²) < 4.78 is 27.9. The van der Waals surface area contributed by atoms with Crippen LogP contribution in [0.15, 0.2) is 59.4 Å². The number of anilines is 2. The number of piperidine rings is 1. The molecule has 160 valence electrons. The number of amides is 1. The van der Waals surface area contributed by atoms with Crippen molar-refractivity contribution in [2.24, 2.45) is 5.92 Å². The molecule has 2 heterocycles. The van der Waals surface area contributed by atoms with E-state index in [-0.39, 0.29) is 22.4 Å². The minimum absolute atomic E-state index is 0.129. The monoisotopic (exact) mass is 444 g/mol. The summed E-state index contributed by atoms with van der Waals surface area (Å²) in [5.41, 5.74) is 0.290. The quantitative estimate of drug-likeness (QED) is 0.660. The van der Waals surface area contributed by atoms with E-state index in [4.69, 9.17) is 11.6 Å². The Morgan fingerprint density at radius 2 is 1.90 bits per heavy atom. The van der Waals surface area contributed by atoms with E-state index >= 15 is 0 Å². The van der Waals surface area contributed by atoms with E-state index < -0.39 is 11.6 Å². The highest BCUT2D eigenvalue weighted by Gasteiger charge is 2.27. The topological polar surface area (TPSA) is 67.2 Å². The Kier molecular flexibility index (Phi) is 5.99. The van der Waals surface area contributed by atoms with Crippen LogP contribution in [-0.4, -0.2) is 28.8 Å². The average molecular weight is 445 g/mol. The zero-order chi connectivity index (χ0) is 22.0. The summed E-state index contributed by atoms with van der Waals surface area (Å²) in [5, 5.41) is 7.26. The summed E-state index contributed by atoms with van der Waals surface area (Å²) in [6.07, 6.45) is 1.42. The molecule has 0 bridgehead atoms. The van der Waals surface area contributed by atoms with Gasteiger partial charge in [-0.3, -0.25) is 9.59 Å². The van der Waals surface area contributed by atoms with E-state index in [1.807, 2.05) is 4.90 Å². The van der Waals surface area contributed by atoms with Gasteiger partial charge < -0.3 is 10.2 Å². The van der Waals surface area contributed by atoms with E-state index in [0.29, 0.717) is 36.7 Å². The molecule has 2 aromatic carbocycles. The molecule has 3 aromatic rings. The average Bonchev–Trinajstić information content (AvgIpc) is 2.76. The van der Waals surface area contributed by atoms with Gasteiger partial charge in [0.25, 0.3) is 5.56 Å². The van der Waals surface area contributed by atoms with Gasteiger partial charge in [0, 0.05) is 19.2 Å². The molecule has 0 aliphatic carbocycles. The van der Waals surface area contributed by atoms with Crippen LogP contribution in [0.2, 0.25) is 5.02 Å². The molecule has 1 saturated heterocycles. The van der Waals surface area contributed by atoms with Crippen LogP contribution in [-0.2, 0) is 4.79 Å². The number of hydrogen-bond acceptors (Lipinski definition) is 4. The van der Waals surface area contributed by atoms with Gasteiger partial charge >= 0.3 is 0 Å². The fourth-order valence-corrected chi connectivity index (χ4v) is 3.80. The Morgan fingerprint density at radius 1 is 1.10 bits per heavy atom. The molecule has 31 heavy (non-hydrogen) atoms. The van der Waals surface area contributed by atoms with Crippen LogP contribution in [0.4, 0.5) is 20.3 Å². The predicted molar refractivity (Wildman–Crippen MR) is 115 cm³/mol. The van der Waals surface area contributed by atoms with Crippen LogP contribution in [0.5, 0.6) is 0 Å². The molecule has 0 unspecified atom stereocenters. The van der Waals surface area contributed by atoms with Crippen LogP contribution in [0.25, 0.3) is 5.69 Å². The molecule has 4 rings (SSSR count). The Labute approximate surface area is 182 Å². The summed E-state index contributed by atoms with van der Waals surface area (Å²) in [5.74, 6) is -0.999. The summed E-state index contributed by atoms with van der Waals surface area (Å²) in [6, 6.07) is 12.4. The largest absolute Gasteiger partial charge is 0.354 e. The second kappa shape index (κ2) is 8.85. The summed E-state index contributed by atoms with van der Waals surface area (Å²) in [4.78, 5) is 26.9. The summed E-state index contributed by atoms with van der Waals surface area (Å²) in [7, 11) is 0. The second-order valence-electron chi connectivity index (χ2n) is 7.32. The standard InChI is InChI=1S/C22H19ClF2N4O2/c23-18-12-16(25)6-7-19(18)26-22(31)14-3-2-10-28(13-14)20-8-9-21(30)29(27-20)17-5-1-4-15(24)11-17/h1,4-9,11-12,14H,2-3,10,13H2,(H,26,31)/t14-/m1/s1. The number of rotatable bonds is 4. The van der Waals surface area contributed by atoms with Crippen molar-refractivity contribution in [3.8, 4) is 5.69 Å². The summed E-state index contributed by atoms with van der Waals surface area (Å²) >= 11 is 6.00. The molecule has 6 nitrogen and oxygen atoms in total. The molecule has 1 aliphatic rings. The normalized spacial score (nSPS) is 16.2. The molecule has 0 spiro atoms. The minimum atomic E-state index is -0.480.